The number of benzene rings is 2. The van der Waals surface area contributed by atoms with Gasteiger partial charge in [-0.1, -0.05) is 12.1 Å². The van der Waals surface area contributed by atoms with Crippen LogP contribution in [-0.2, 0) is 6.54 Å². The molecule has 2 heterocycles. The van der Waals surface area contributed by atoms with E-state index in [0.29, 0.717) is 29.3 Å². The number of rotatable bonds is 1. The maximum absolute atomic E-state index is 14.2. The zero-order valence-electron chi connectivity index (χ0n) is 11.6. The average molecular weight is 293 g/mol. The van der Waals surface area contributed by atoms with E-state index < -0.39 is 0 Å². The van der Waals surface area contributed by atoms with E-state index in [1.807, 2.05) is 10.6 Å². The van der Waals surface area contributed by atoms with Gasteiger partial charge in [-0.05, 0) is 30.3 Å². The van der Waals surface area contributed by atoms with Crippen molar-refractivity contribution < 1.29 is 4.39 Å². The molecule has 6 heteroatoms. The van der Waals surface area contributed by atoms with Gasteiger partial charge >= 0.3 is 0 Å². The summed E-state index contributed by atoms with van der Waals surface area (Å²) in [5, 5.41) is 7.99. The summed E-state index contributed by atoms with van der Waals surface area (Å²) in [5.41, 5.74) is 9.15. The summed E-state index contributed by atoms with van der Waals surface area (Å²) in [5.74, 6) is 0.393. The quantitative estimate of drug-likeness (QED) is 0.700. The Balaban J connectivity index is 2.01. The molecular weight excluding hydrogens is 281 g/mol. The molecule has 0 spiro atoms. The number of nitrogen functional groups attached to an aromatic ring is 1. The summed E-state index contributed by atoms with van der Waals surface area (Å²) in [6, 6.07) is 12.1. The third-order valence-electron chi connectivity index (χ3n) is 3.66. The lowest BCUT2D eigenvalue weighted by Crippen LogP contribution is -2.09. The number of aliphatic imine (C=N–C) groups is 1. The number of hydrogen-bond donors (Lipinski definition) is 1. The van der Waals surface area contributed by atoms with E-state index in [1.54, 1.807) is 36.7 Å². The summed E-state index contributed by atoms with van der Waals surface area (Å²) in [6.45, 7) is 0.332. The van der Waals surface area contributed by atoms with E-state index in [4.69, 9.17) is 5.73 Å². The van der Waals surface area contributed by atoms with Crippen molar-refractivity contribution in [3.8, 4) is 5.69 Å². The van der Waals surface area contributed by atoms with Gasteiger partial charge in [-0.3, -0.25) is 9.56 Å². The molecule has 4 rings (SSSR count). The molecule has 22 heavy (non-hydrogen) atoms. The molecule has 0 saturated heterocycles. The molecule has 0 fully saturated rings. The molecule has 0 amide bonds. The zero-order chi connectivity index (χ0) is 15.1. The van der Waals surface area contributed by atoms with Crippen molar-refractivity contribution >= 4 is 11.4 Å². The van der Waals surface area contributed by atoms with Crippen LogP contribution in [-0.4, -0.2) is 20.5 Å². The molecule has 1 aliphatic rings. The van der Waals surface area contributed by atoms with Crippen LogP contribution in [0.25, 0.3) is 5.69 Å². The zero-order valence-corrected chi connectivity index (χ0v) is 11.6. The van der Waals surface area contributed by atoms with Gasteiger partial charge in [-0.15, -0.1) is 10.2 Å². The lowest BCUT2D eigenvalue weighted by atomic mass is 9.99. The first-order valence-electron chi connectivity index (χ1n) is 6.82. The molecule has 2 N–H and O–H groups in total. The van der Waals surface area contributed by atoms with E-state index in [2.05, 4.69) is 15.2 Å². The molecule has 0 aliphatic carbocycles. The third kappa shape index (κ3) is 1.88. The fraction of sp³-hybridized carbons (Fsp3) is 0.0625. The topological polar surface area (TPSA) is 69.1 Å². The number of hydrogen-bond acceptors (Lipinski definition) is 4. The third-order valence-corrected chi connectivity index (χ3v) is 3.66. The maximum Gasteiger partial charge on any atom is 0.159 e. The van der Waals surface area contributed by atoms with Crippen LogP contribution in [0.4, 0.5) is 10.1 Å². The van der Waals surface area contributed by atoms with Crippen LogP contribution in [0.2, 0.25) is 0 Å². The second kappa shape index (κ2) is 4.77. The molecule has 0 saturated carbocycles. The minimum absolute atomic E-state index is 0.313. The highest BCUT2D eigenvalue weighted by atomic mass is 19.1. The first kappa shape index (κ1) is 12.7. The first-order valence-corrected chi connectivity index (χ1v) is 6.82. The van der Waals surface area contributed by atoms with Gasteiger partial charge in [0.05, 0.1) is 11.4 Å². The Hall–Kier alpha value is -3.02. The van der Waals surface area contributed by atoms with E-state index in [1.165, 1.54) is 6.07 Å². The van der Waals surface area contributed by atoms with Crippen molar-refractivity contribution in [3.05, 3.63) is 71.6 Å². The predicted octanol–water partition coefficient (Wildman–Crippen LogP) is 2.34. The van der Waals surface area contributed by atoms with Crippen molar-refractivity contribution in [2.75, 3.05) is 5.73 Å². The standard InChI is InChI=1S/C16H12FN5/c17-13-4-2-1-3-11(13)16-12-7-10(18)5-6-14(12)22-9-20-21-15(22)8-19-16/h1-7,9H,8,18H2. The van der Waals surface area contributed by atoms with Crippen molar-refractivity contribution in [2.24, 2.45) is 4.99 Å². The first-order chi connectivity index (χ1) is 10.7. The molecule has 108 valence electrons. The Labute approximate surface area is 125 Å². The molecule has 2 aromatic carbocycles. The van der Waals surface area contributed by atoms with Crippen LogP contribution in [0.15, 0.2) is 53.8 Å². The highest BCUT2D eigenvalue weighted by molar-refractivity contribution is 6.15. The van der Waals surface area contributed by atoms with Crippen LogP contribution in [0, 0.1) is 5.82 Å². The van der Waals surface area contributed by atoms with Gasteiger partial charge in [0.1, 0.15) is 18.7 Å². The number of nitrogens with two attached hydrogens (primary N) is 1. The van der Waals surface area contributed by atoms with Crippen molar-refractivity contribution in [2.45, 2.75) is 6.54 Å². The molecule has 1 aliphatic heterocycles. The normalized spacial score (nSPS) is 13.0. The second-order valence-corrected chi connectivity index (χ2v) is 5.04. The van der Waals surface area contributed by atoms with Crippen molar-refractivity contribution in [3.63, 3.8) is 0 Å². The molecular formula is C16H12FN5. The average Bonchev–Trinajstić information content (AvgIpc) is 2.92. The largest absolute Gasteiger partial charge is 0.399 e. The predicted molar refractivity (Wildman–Crippen MR) is 81.5 cm³/mol. The summed E-state index contributed by atoms with van der Waals surface area (Å²) in [7, 11) is 0. The number of fused-ring (bicyclic) bond motifs is 3. The highest BCUT2D eigenvalue weighted by Crippen LogP contribution is 2.26. The van der Waals surface area contributed by atoms with Gasteiger partial charge in [0, 0.05) is 16.8 Å². The van der Waals surface area contributed by atoms with Gasteiger partial charge in [-0.2, -0.15) is 0 Å². The van der Waals surface area contributed by atoms with Crippen LogP contribution < -0.4 is 5.73 Å². The smallest absolute Gasteiger partial charge is 0.159 e. The molecule has 0 bridgehead atoms. The number of aromatic nitrogens is 3. The summed E-state index contributed by atoms with van der Waals surface area (Å²) in [6.07, 6.45) is 1.63. The van der Waals surface area contributed by atoms with Crippen LogP contribution >= 0.6 is 0 Å². The van der Waals surface area contributed by atoms with E-state index in [9.17, 15) is 4.39 Å². The van der Waals surface area contributed by atoms with Crippen LogP contribution in [0.1, 0.15) is 17.0 Å². The molecule has 5 nitrogen and oxygen atoms in total. The van der Waals surface area contributed by atoms with Gasteiger partial charge in [-0.25, -0.2) is 4.39 Å². The Morgan fingerprint density at radius 3 is 2.82 bits per heavy atom. The lowest BCUT2D eigenvalue weighted by Gasteiger charge is -2.12. The number of nitrogens with zero attached hydrogens (tertiary/aromatic N) is 4. The van der Waals surface area contributed by atoms with E-state index >= 15 is 0 Å². The van der Waals surface area contributed by atoms with E-state index in [-0.39, 0.29) is 5.82 Å². The van der Waals surface area contributed by atoms with Crippen LogP contribution in [0.3, 0.4) is 0 Å². The molecule has 0 radical (unpaired) electrons. The van der Waals surface area contributed by atoms with Crippen molar-refractivity contribution in [1.29, 1.82) is 0 Å². The number of halogens is 1. The Bertz CT molecular complexity index is 897. The molecule has 0 unspecified atom stereocenters. The Kier molecular flexibility index (Phi) is 2.75. The maximum atomic E-state index is 14.2. The van der Waals surface area contributed by atoms with Gasteiger partial charge < -0.3 is 5.73 Å². The summed E-state index contributed by atoms with van der Waals surface area (Å²) in [4.78, 5) is 4.55. The monoisotopic (exact) mass is 293 g/mol. The van der Waals surface area contributed by atoms with Gasteiger partial charge in [0.25, 0.3) is 0 Å². The second-order valence-electron chi connectivity index (χ2n) is 5.04. The molecule has 3 aromatic rings. The van der Waals surface area contributed by atoms with Crippen LogP contribution in [0.5, 0.6) is 0 Å². The SMILES string of the molecule is Nc1ccc2c(c1)C(c1ccccc1F)=NCc1nncn1-2. The van der Waals surface area contributed by atoms with Crippen molar-refractivity contribution in [1.82, 2.24) is 14.8 Å². The van der Waals surface area contributed by atoms with Gasteiger partial charge in [0.15, 0.2) is 5.82 Å². The summed E-state index contributed by atoms with van der Waals surface area (Å²) >= 11 is 0. The minimum atomic E-state index is -0.313. The molecule has 1 aromatic heterocycles. The molecule has 0 atom stereocenters. The number of anilines is 1. The Morgan fingerprint density at radius 2 is 1.95 bits per heavy atom. The summed E-state index contributed by atoms with van der Waals surface area (Å²) < 4.78 is 16.1. The minimum Gasteiger partial charge on any atom is -0.399 e. The highest BCUT2D eigenvalue weighted by Gasteiger charge is 2.21. The van der Waals surface area contributed by atoms with E-state index in [0.717, 1.165) is 11.3 Å². The van der Waals surface area contributed by atoms with Gasteiger partial charge in [0.2, 0.25) is 0 Å². The fourth-order valence-corrected chi connectivity index (χ4v) is 2.64. The lowest BCUT2D eigenvalue weighted by molar-refractivity contribution is 0.625. The fourth-order valence-electron chi connectivity index (χ4n) is 2.64. The Morgan fingerprint density at radius 1 is 1.09 bits per heavy atom.